The van der Waals surface area contributed by atoms with Gasteiger partial charge in [0.15, 0.2) is 5.78 Å². The van der Waals surface area contributed by atoms with Crippen molar-refractivity contribution in [3.05, 3.63) is 23.9 Å². The molecule has 0 aliphatic carbocycles. The third-order valence-corrected chi connectivity index (χ3v) is 2.73. The van der Waals surface area contributed by atoms with Gasteiger partial charge >= 0.3 is 0 Å². The molecular weight excluding hydrogens is 194 g/mol. The third kappa shape index (κ3) is 2.58. The average molecular weight is 209 g/mol. The van der Waals surface area contributed by atoms with Crippen molar-refractivity contribution in [3.63, 3.8) is 0 Å². The summed E-state index contributed by atoms with van der Waals surface area (Å²) in [5.41, 5.74) is 0.759. The Morgan fingerprint density at radius 1 is 1.57 bits per heavy atom. The predicted octanol–water partition coefficient (Wildman–Crippen LogP) is 3.03. The number of aromatic nitrogens is 1. The summed E-state index contributed by atoms with van der Waals surface area (Å²) in [6.45, 7) is 5.88. The molecule has 0 radical (unpaired) electrons. The summed E-state index contributed by atoms with van der Waals surface area (Å²) in [5, 5.41) is 0.855. The molecule has 1 aromatic heterocycles. The van der Waals surface area contributed by atoms with Crippen LogP contribution in [-0.2, 0) is 0 Å². The molecular formula is C11H15NOS. The van der Waals surface area contributed by atoms with E-state index in [0.29, 0.717) is 0 Å². The Labute approximate surface area is 89.1 Å². The van der Waals surface area contributed by atoms with Crippen LogP contribution in [-0.4, -0.2) is 16.5 Å². The van der Waals surface area contributed by atoms with Gasteiger partial charge in [0, 0.05) is 12.1 Å². The quantitative estimate of drug-likeness (QED) is 0.564. The van der Waals surface area contributed by atoms with E-state index in [1.165, 1.54) is 0 Å². The lowest BCUT2D eigenvalue weighted by atomic mass is 10.0. The number of ketones is 1. The van der Waals surface area contributed by atoms with E-state index in [4.69, 9.17) is 0 Å². The number of nitrogens with zero attached hydrogens (tertiary/aromatic N) is 1. The van der Waals surface area contributed by atoms with Crippen LogP contribution in [0.5, 0.6) is 0 Å². The summed E-state index contributed by atoms with van der Waals surface area (Å²) in [7, 11) is 0. The predicted molar refractivity (Wildman–Crippen MR) is 59.8 cm³/mol. The van der Waals surface area contributed by atoms with Crippen molar-refractivity contribution >= 4 is 17.5 Å². The Hall–Kier alpha value is -0.830. The van der Waals surface area contributed by atoms with Gasteiger partial charge in [0.1, 0.15) is 5.03 Å². The van der Waals surface area contributed by atoms with Crippen LogP contribution in [0.3, 0.4) is 0 Å². The fraction of sp³-hybridized carbons (Fsp3) is 0.455. The van der Waals surface area contributed by atoms with Crippen molar-refractivity contribution in [2.24, 2.45) is 5.92 Å². The number of rotatable bonds is 4. The lowest BCUT2D eigenvalue weighted by molar-refractivity contribution is 0.0935. The monoisotopic (exact) mass is 209 g/mol. The van der Waals surface area contributed by atoms with Gasteiger partial charge in [-0.05, 0) is 17.9 Å². The fourth-order valence-corrected chi connectivity index (χ4v) is 1.87. The van der Waals surface area contributed by atoms with Crippen LogP contribution in [0.15, 0.2) is 23.4 Å². The van der Waals surface area contributed by atoms with E-state index in [9.17, 15) is 4.79 Å². The highest BCUT2D eigenvalue weighted by Crippen LogP contribution is 2.21. The molecule has 1 rings (SSSR count). The van der Waals surface area contributed by atoms with Crippen LogP contribution in [0, 0.1) is 5.92 Å². The molecule has 0 saturated carbocycles. The normalized spacial score (nSPS) is 10.6. The average Bonchev–Trinajstić information content (AvgIpc) is 2.18. The van der Waals surface area contributed by atoms with E-state index in [2.05, 4.69) is 11.9 Å². The largest absolute Gasteiger partial charge is 0.294 e. The maximum Gasteiger partial charge on any atom is 0.168 e. The van der Waals surface area contributed by atoms with Gasteiger partial charge in [-0.25, -0.2) is 4.98 Å². The van der Waals surface area contributed by atoms with Crippen LogP contribution in [0.4, 0.5) is 0 Å². The topological polar surface area (TPSA) is 30.0 Å². The molecule has 0 bridgehead atoms. The zero-order valence-corrected chi connectivity index (χ0v) is 9.60. The molecule has 0 amide bonds. The molecule has 14 heavy (non-hydrogen) atoms. The molecule has 0 N–H and O–H groups in total. The minimum Gasteiger partial charge on any atom is -0.294 e. The van der Waals surface area contributed by atoms with Crippen molar-refractivity contribution in [3.8, 4) is 0 Å². The van der Waals surface area contributed by atoms with Gasteiger partial charge in [-0.2, -0.15) is 0 Å². The number of thioether (sulfide) groups is 1. The highest BCUT2D eigenvalue weighted by atomic mass is 32.2. The molecule has 0 unspecified atom stereocenters. The van der Waals surface area contributed by atoms with Crippen LogP contribution in [0.25, 0.3) is 0 Å². The highest BCUT2D eigenvalue weighted by molar-refractivity contribution is 7.99. The second kappa shape index (κ2) is 5.15. The standard InChI is InChI=1S/C11H15NOS/c1-4-14-11-9(6-5-7-12-11)10(13)8(2)3/h5-8H,4H2,1-3H3. The van der Waals surface area contributed by atoms with E-state index in [1.807, 2.05) is 26.0 Å². The molecule has 0 fully saturated rings. The van der Waals surface area contributed by atoms with Gasteiger partial charge in [0.05, 0.1) is 5.56 Å². The molecule has 0 spiro atoms. The van der Waals surface area contributed by atoms with Crippen molar-refractivity contribution in [2.75, 3.05) is 5.75 Å². The third-order valence-electron chi connectivity index (χ3n) is 1.84. The van der Waals surface area contributed by atoms with Crippen LogP contribution in [0.1, 0.15) is 31.1 Å². The number of hydrogen-bond acceptors (Lipinski definition) is 3. The summed E-state index contributed by atoms with van der Waals surface area (Å²) >= 11 is 1.62. The van der Waals surface area contributed by atoms with Crippen molar-refractivity contribution in [1.29, 1.82) is 0 Å². The summed E-state index contributed by atoms with van der Waals surface area (Å²) in [6, 6.07) is 3.67. The SMILES string of the molecule is CCSc1ncccc1C(=O)C(C)C. The zero-order valence-electron chi connectivity index (χ0n) is 8.78. The first kappa shape index (κ1) is 11.2. The summed E-state index contributed by atoms with van der Waals surface area (Å²) in [5.74, 6) is 1.15. The van der Waals surface area contributed by atoms with Crippen LogP contribution in [0.2, 0.25) is 0 Å². The minimum absolute atomic E-state index is 0.0374. The first-order chi connectivity index (χ1) is 6.66. The Balaban J connectivity index is 3.00. The molecule has 1 heterocycles. The second-order valence-electron chi connectivity index (χ2n) is 3.31. The van der Waals surface area contributed by atoms with E-state index in [1.54, 1.807) is 18.0 Å². The highest BCUT2D eigenvalue weighted by Gasteiger charge is 2.14. The maximum atomic E-state index is 11.8. The lowest BCUT2D eigenvalue weighted by Crippen LogP contribution is -2.09. The van der Waals surface area contributed by atoms with Gasteiger partial charge < -0.3 is 0 Å². The van der Waals surface area contributed by atoms with Crippen molar-refractivity contribution in [1.82, 2.24) is 4.98 Å². The molecule has 0 aromatic carbocycles. The van der Waals surface area contributed by atoms with Gasteiger partial charge in [0.25, 0.3) is 0 Å². The fourth-order valence-electron chi connectivity index (χ4n) is 1.14. The zero-order chi connectivity index (χ0) is 10.6. The van der Waals surface area contributed by atoms with Crippen LogP contribution >= 0.6 is 11.8 Å². The van der Waals surface area contributed by atoms with Gasteiger partial charge in [0.2, 0.25) is 0 Å². The molecule has 0 saturated heterocycles. The van der Waals surface area contributed by atoms with E-state index < -0.39 is 0 Å². The smallest absolute Gasteiger partial charge is 0.168 e. The van der Waals surface area contributed by atoms with Crippen molar-refractivity contribution < 1.29 is 4.79 Å². The number of carbonyl (C=O) groups is 1. The van der Waals surface area contributed by atoms with E-state index in [-0.39, 0.29) is 11.7 Å². The number of pyridine rings is 1. The molecule has 3 heteroatoms. The van der Waals surface area contributed by atoms with E-state index >= 15 is 0 Å². The summed E-state index contributed by atoms with van der Waals surface area (Å²) in [6.07, 6.45) is 1.73. The Bertz CT molecular complexity index is 323. The van der Waals surface area contributed by atoms with Gasteiger partial charge in [-0.1, -0.05) is 20.8 Å². The lowest BCUT2D eigenvalue weighted by Gasteiger charge is -2.07. The molecule has 1 aromatic rings. The van der Waals surface area contributed by atoms with Gasteiger partial charge in [-0.3, -0.25) is 4.79 Å². The first-order valence-electron chi connectivity index (χ1n) is 4.78. The Morgan fingerprint density at radius 3 is 2.86 bits per heavy atom. The number of Topliss-reactive ketones (excluding diaryl/α,β-unsaturated/α-hetero) is 1. The molecule has 0 aliphatic rings. The first-order valence-corrected chi connectivity index (χ1v) is 5.77. The van der Waals surface area contributed by atoms with Crippen LogP contribution < -0.4 is 0 Å². The number of hydrogen-bond donors (Lipinski definition) is 0. The second-order valence-corrected chi connectivity index (χ2v) is 4.56. The Morgan fingerprint density at radius 2 is 2.29 bits per heavy atom. The Kier molecular flexibility index (Phi) is 4.14. The summed E-state index contributed by atoms with van der Waals surface area (Å²) < 4.78 is 0. The van der Waals surface area contributed by atoms with Crippen molar-refractivity contribution in [2.45, 2.75) is 25.8 Å². The van der Waals surface area contributed by atoms with E-state index in [0.717, 1.165) is 16.3 Å². The molecule has 76 valence electrons. The maximum absolute atomic E-state index is 11.8. The molecule has 2 nitrogen and oxygen atoms in total. The molecule has 0 atom stereocenters. The minimum atomic E-state index is 0.0374. The molecule has 0 aliphatic heterocycles. The van der Waals surface area contributed by atoms with Gasteiger partial charge in [-0.15, -0.1) is 11.8 Å². The number of carbonyl (C=O) groups excluding carboxylic acids is 1. The summed E-state index contributed by atoms with van der Waals surface area (Å²) in [4.78, 5) is 16.0.